The average molecular weight is 344 g/mol. The Labute approximate surface area is 147 Å². The van der Waals surface area contributed by atoms with Gasteiger partial charge in [-0.1, -0.05) is 23.3 Å². The van der Waals surface area contributed by atoms with Gasteiger partial charge in [-0.15, -0.1) is 0 Å². The molecule has 0 amide bonds. The maximum atomic E-state index is 12.3. The summed E-state index contributed by atoms with van der Waals surface area (Å²) in [7, 11) is 3.80. The van der Waals surface area contributed by atoms with Crippen molar-refractivity contribution in [3.63, 3.8) is 0 Å². The van der Waals surface area contributed by atoms with Crippen LogP contribution in [0, 0.1) is 0 Å². The number of rotatable bonds is 4. The smallest absolute Gasteiger partial charge is 0.396 e. The molecule has 0 saturated carbocycles. The van der Waals surface area contributed by atoms with Crippen molar-refractivity contribution in [2.24, 2.45) is 12.0 Å². The van der Waals surface area contributed by atoms with Gasteiger partial charge in [0.25, 0.3) is 0 Å². The molecule has 1 aromatic heterocycles. The zero-order chi connectivity index (χ0) is 18.2. The Bertz CT molecular complexity index is 819. The van der Waals surface area contributed by atoms with E-state index in [9.17, 15) is 4.79 Å². The van der Waals surface area contributed by atoms with Crippen molar-refractivity contribution in [3.05, 3.63) is 36.0 Å². The minimum atomic E-state index is -0.603. The number of ether oxygens (including phenoxy) is 1. The van der Waals surface area contributed by atoms with Crippen LogP contribution < -0.4 is 5.32 Å². The minimum Gasteiger partial charge on any atom is -0.453 e. The summed E-state index contributed by atoms with van der Waals surface area (Å²) in [6, 6.07) is 8.08. The molecule has 0 fully saturated rings. The monoisotopic (exact) mass is 344 g/mol. The van der Waals surface area contributed by atoms with Gasteiger partial charge in [-0.3, -0.25) is 0 Å². The molecule has 2 heterocycles. The molecule has 0 saturated heterocycles. The molecule has 0 radical (unpaired) electrons. The highest BCUT2D eigenvalue weighted by Crippen LogP contribution is 2.34. The second-order valence-corrected chi connectivity index (χ2v) is 7.04. The first-order valence-electron chi connectivity index (χ1n) is 8.24. The van der Waals surface area contributed by atoms with E-state index in [1.807, 2.05) is 63.8 Å². The van der Waals surface area contributed by atoms with Gasteiger partial charge in [-0.2, -0.15) is 0 Å². The van der Waals surface area contributed by atoms with E-state index in [-0.39, 0.29) is 5.90 Å². The summed E-state index contributed by atoms with van der Waals surface area (Å²) in [6.07, 6.45) is 1.60. The van der Waals surface area contributed by atoms with Gasteiger partial charge in [0.15, 0.2) is 6.17 Å². The van der Waals surface area contributed by atoms with Crippen LogP contribution in [0.4, 0.5) is 0 Å². The Kier molecular flexibility index (Phi) is 4.53. The van der Waals surface area contributed by atoms with Crippen molar-refractivity contribution in [1.82, 2.24) is 14.9 Å². The molecule has 0 spiro atoms. The standard InChI is InChI=1S/C18H24N4O3/c1-18(2,3)24-17(23)16-20-15(22(25-16)11-19-4)13-10-21(5)14-9-7-6-8-12(13)14/h6-10,15,19H,11H2,1-5H3. The summed E-state index contributed by atoms with van der Waals surface area (Å²) < 4.78 is 7.42. The first-order valence-corrected chi connectivity index (χ1v) is 8.24. The molecule has 1 atom stereocenters. The molecule has 134 valence electrons. The Morgan fingerprint density at radius 1 is 1.36 bits per heavy atom. The lowest BCUT2D eigenvalue weighted by atomic mass is 10.1. The van der Waals surface area contributed by atoms with E-state index in [0.29, 0.717) is 6.67 Å². The number of fused-ring (bicyclic) bond motifs is 1. The van der Waals surface area contributed by atoms with Gasteiger partial charge in [0.1, 0.15) is 5.60 Å². The Morgan fingerprint density at radius 3 is 2.76 bits per heavy atom. The summed E-state index contributed by atoms with van der Waals surface area (Å²) in [5.74, 6) is -0.584. The van der Waals surface area contributed by atoms with E-state index in [0.717, 1.165) is 16.5 Å². The average Bonchev–Trinajstić information content (AvgIpc) is 3.08. The van der Waals surface area contributed by atoms with Crippen LogP contribution in [-0.2, 0) is 21.4 Å². The highest BCUT2D eigenvalue weighted by molar-refractivity contribution is 6.33. The van der Waals surface area contributed by atoms with Crippen molar-refractivity contribution in [2.45, 2.75) is 32.5 Å². The van der Waals surface area contributed by atoms with Crippen LogP contribution in [0.1, 0.15) is 32.5 Å². The maximum absolute atomic E-state index is 12.3. The summed E-state index contributed by atoms with van der Waals surface area (Å²) in [6.45, 7) is 5.86. The normalized spacial score (nSPS) is 18.3. The lowest BCUT2D eigenvalue weighted by Crippen LogP contribution is -2.35. The predicted octanol–water partition coefficient (Wildman–Crippen LogP) is 2.34. The van der Waals surface area contributed by atoms with Gasteiger partial charge < -0.3 is 19.5 Å². The molecule has 7 nitrogen and oxygen atoms in total. The summed E-state index contributed by atoms with van der Waals surface area (Å²) in [4.78, 5) is 22.5. The quantitative estimate of drug-likeness (QED) is 0.862. The largest absolute Gasteiger partial charge is 0.453 e. The minimum absolute atomic E-state index is 0.0249. The number of para-hydroxylation sites is 1. The number of carbonyl (C=O) groups excluding carboxylic acids is 1. The third-order valence-electron chi connectivity index (χ3n) is 3.81. The number of aromatic nitrogens is 1. The molecule has 1 aromatic carbocycles. The third kappa shape index (κ3) is 3.52. The van der Waals surface area contributed by atoms with Crippen LogP contribution in [0.3, 0.4) is 0 Å². The molecule has 1 aliphatic heterocycles. The Balaban J connectivity index is 1.97. The summed E-state index contributed by atoms with van der Waals surface area (Å²) >= 11 is 0. The number of hydrogen-bond donors (Lipinski definition) is 1. The molecule has 1 unspecified atom stereocenters. The topological polar surface area (TPSA) is 68.1 Å². The number of hydrogen-bond acceptors (Lipinski definition) is 6. The van der Waals surface area contributed by atoms with E-state index < -0.39 is 17.7 Å². The number of benzene rings is 1. The number of nitrogens with zero attached hydrogens (tertiary/aromatic N) is 3. The summed E-state index contributed by atoms with van der Waals surface area (Å²) in [5, 5.41) is 5.76. The van der Waals surface area contributed by atoms with Crippen LogP contribution in [0.15, 0.2) is 35.5 Å². The van der Waals surface area contributed by atoms with Crippen molar-refractivity contribution in [1.29, 1.82) is 0 Å². The van der Waals surface area contributed by atoms with E-state index in [2.05, 4.69) is 16.4 Å². The lowest BCUT2D eigenvalue weighted by molar-refractivity contribution is -0.153. The molecular formula is C18H24N4O3. The number of carbonyl (C=O) groups is 1. The van der Waals surface area contributed by atoms with Gasteiger partial charge in [-0.05, 0) is 33.9 Å². The molecule has 1 aliphatic rings. The van der Waals surface area contributed by atoms with E-state index in [4.69, 9.17) is 9.57 Å². The predicted molar refractivity (Wildman–Crippen MR) is 95.8 cm³/mol. The van der Waals surface area contributed by atoms with Gasteiger partial charge in [-0.25, -0.2) is 9.79 Å². The fourth-order valence-electron chi connectivity index (χ4n) is 2.85. The first kappa shape index (κ1) is 17.4. The highest BCUT2D eigenvalue weighted by Gasteiger charge is 2.36. The molecule has 2 aromatic rings. The first-order chi connectivity index (χ1) is 11.8. The highest BCUT2D eigenvalue weighted by atomic mass is 16.7. The van der Waals surface area contributed by atoms with E-state index in [1.165, 1.54) is 0 Å². The Morgan fingerprint density at radius 2 is 2.08 bits per heavy atom. The van der Waals surface area contributed by atoms with Gasteiger partial charge in [0, 0.05) is 29.7 Å². The number of esters is 1. The molecule has 0 aliphatic carbocycles. The van der Waals surface area contributed by atoms with Crippen molar-refractivity contribution < 1.29 is 14.4 Å². The third-order valence-corrected chi connectivity index (χ3v) is 3.81. The zero-order valence-electron chi connectivity index (χ0n) is 15.2. The fourth-order valence-corrected chi connectivity index (χ4v) is 2.85. The number of aliphatic imine (C=N–C) groups is 1. The molecule has 1 N–H and O–H groups in total. The lowest BCUT2D eigenvalue weighted by Gasteiger charge is -2.21. The van der Waals surface area contributed by atoms with Crippen molar-refractivity contribution in [3.8, 4) is 0 Å². The van der Waals surface area contributed by atoms with E-state index in [1.54, 1.807) is 5.06 Å². The fraction of sp³-hybridized carbons (Fsp3) is 0.444. The Hall–Kier alpha value is -2.38. The molecule has 7 heteroatoms. The zero-order valence-corrected chi connectivity index (χ0v) is 15.2. The van der Waals surface area contributed by atoms with Gasteiger partial charge in [0.2, 0.25) is 0 Å². The summed E-state index contributed by atoms with van der Waals surface area (Å²) in [5.41, 5.74) is 1.48. The number of nitrogens with one attached hydrogen (secondary N) is 1. The second-order valence-electron chi connectivity index (χ2n) is 7.04. The van der Waals surface area contributed by atoms with E-state index >= 15 is 0 Å². The maximum Gasteiger partial charge on any atom is 0.396 e. The number of hydroxylamine groups is 2. The van der Waals surface area contributed by atoms with Crippen LogP contribution in [0.2, 0.25) is 0 Å². The second kappa shape index (κ2) is 6.50. The molecule has 0 bridgehead atoms. The van der Waals surface area contributed by atoms with Gasteiger partial charge >= 0.3 is 11.9 Å². The van der Waals surface area contributed by atoms with Crippen molar-refractivity contribution in [2.75, 3.05) is 13.7 Å². The molecular weight excluding hydrogens is 320 g/mol. The van der Waals surface area contributed by atoms with Crippen LogP contribution in [0.5, 0.6) is 0 Å². The molecule has 25 heavy (non-hydrogen) atoms. The van der Waals surface area contributed by atoms with Crippen molar-refractivity contribution >= 4 is 22.8 Å². The van der Waals surface area contributed by atoms with Crippen LogP contribution >= 0.6 is 0 Å². The number of aryl methyl sites for hydroxylation is 1. The van der Waals surface area contributed by atoms with Gasteiger partial charge in [0.05, 0.1) is 6.67 Å². The van der Waals surface area contributed by atoms with Crippen LogP contribution in [0.25, 0.3) is 10.9 Å². The SMILES string of the molecule is CNCN1OC(C(=O)OC(C)(C)C)=NC1c1cn(C)c2ccccc12. The molecule has 3 rings (SSSR count). The van der Waals surface area contributed by atoms with Crippen LogP contribution in [-0.4, -0.2) is 40.8 Å².